The molecule has 1 aromatic rings. The van der Waals surface area contributed by atoms with E-state index in [1.165, 1.54) is 10.5 Å². The minimum Gasteiger partial charge on any atom is -0.356 e. The normalized spacial score (nSPS) is 20.1. The van der Waals surface area contributed by atoms with Crippen LogP contribution >= 0.6 is 24.0 Å². The number of rotatable bonds is 7. The van der Waals surface area contributed by atoms with Crippen molar-refractivity contribution < 1.29 is 13.2 Å². The van der Waals surface area contributed by atoms with Gasteiger partial charge in [-0.3, -0.25) is 14.8 Å². The van der Waals surface area contributed by atoms with Gasteiger partial charge in [0.2, 0.25) is 0 Å². The van der Waals surface area contributed by atoms with E-state index in [4.69, 9.17) is 0 Å². The molecule has 0 radical (unpaired) electrons. The number of hydrogen-bond donors (Lipinski definition) is 2. The second kappa shape index (κ2) is 13.6. The van der Waals surface area contributed by atoms with Gasteiger partial charge in [0.1, 0.15) is 0 Å². The van der Waals surface area contributed by atoms with E-state index in [1.807, 2.05) is 0 Å². The van der Waals surface area contributed by atoms with Gasteiger partial charge in [0.15, 0.2) is 5.96 Å². The summed E-state index contributed by atoms with van der Waals surface area (Å²) in [5, 5.41) is 6.94. The van der Waals surface area contributed by atoms with E-state index in [1.54, 1.807) is 7.05 Å². The van der Waals surface area contributed by atoms with Gasteiger partial charge in [-0.1, -0.05) is 30.3 Å². The Morgan fingerprint density at radius 1 is 1.00 bits per heavy atom. The minimum absolute atomic E-state index is 0. The summed E-state index contributed by atoms with van der Waals surface area (Å²) < 4.78 is 37.5. The number of hydrogen-bond acceptors (Lipinski definition) is 3. The van der Waals surface area contributed by atoms with Gasteiger partial charge in [-0.05, 0) is 56.7 Å². The summed E-state index contributed by atoms with van der Waals surface area (Å²) >= 11 is 0. The number of likely N-dealkylation sites (tertiary alicyclic amines) is 2. The van der Waals surface area contributed by atoms with Crippen LogP contribution in [0.25, 0.3) is 0 Å². The maximum atomic E-state index is 12.5. The Labute approximate surface area is 207 Å². The van der Waals surface area contributed by atoms with Crippen molar-refractivity contribution in [2.75, 3.05) is 46.3 Å². The number of nitrogens with zero attached hydrogens (tertiary/aromatic N) is 3. The van der Waals surface area contributed by atoms with E-state index in [2.05, 4.69) is 50.9 Å². The van der Waals surface area contributed by atoms with Gasteiger partial charge in [-0.25, -0.2) is 0 Å². The lowest BCUT2D eigenvalue weighted by Crippen LogP contribution is -2.48. The Bertz CT molecular complexity index is 670. The molecule has 2 aliphatic heterocycles. The first kappa shape index (κ1) is 27.2. The van der Waals surface area contributed by atoms with Crippen LogP contribution < -0.4 is 10.6 Å². The molecule has 3 rings (SSSR count). The molecule has 0 aliphatic carbocycles. The largest absolute Gasteiger partial charge is 0.401 e. The van der Waals surface area contributed by atoms with Gasteiger partial charge in [-0.15, -0.1) is 24.0 Å². The molecule has 2 heterocycles. The van der Waals surface area contributed by atoms with Crippen molar-refractivity contribution >= 4 is 29.9 Å². The molecule has 9 heteroatoms. The van der Waals surface area contributed by atoms with E-state index in [9.17, 15) is 13.2 Å². The molecule has 0 saturated carbocycles. The van der Waals surface area contributed by atoms with Gasteiger partial charge in [0, 0.05) is 39.3 Å². The molecule has 182 valence electrons. The lowest BCUT2D eigenvalue weighted by Gasteiger charge is -2.33. The number of nitrogens with one attached hydrogen (secondary N) is 2. The van der Waals surface area contributed by atoms with E-state index in [-0.39, 0.29) is 24.0 Å². The maximum Gasteiger partial charge on any atom is 0.401 e. The molecule has 2 fully saturated rings. The second-order valence-electron chi connectivity index (χ2n) is 8.80. The topological polar surface area (TPSA) is 42.9 Å². The van der Waals surface area contributed by atoms with Crippen LogP contribution in [0.4, 0.5) is 13.2 Å². The minimum atomic E-state index is -4.09. The summed E-state index contributed by atoms with van der Waals surface area (Å²) in [7, 11) is 1.79. The quantitative estimate of drug-likeness (QED) is 0.296. The molecule has 0 bridgehead atoms. The Balaban J connectivity index is 0.00000363. The van der Waals surface area contributed by atoms with Gasteiger partial charge in [0.25, 0.3) is 0 Å². The number of guanidine groups is 1. The van der Waals surface area contributed by atoms with Crippen molar-refractivity contribution in [2.45, 2.75) is 50.9 Å². The highest BCUT2D eigenvalue weighted by molar-refractivity contribution is 14.0. The zero-order chi connectivity index (χ0) is 22.1. The zero-order valence-electron chi connectivity index (χ0n) is 18.9. The van der Waals surface area contributed by atoms with Gasteiger partial charge >= 0.3 is 6.18 Å². The van der Waals surface area contributed by atoms with Crippen LogP contribution in [0, 0.1) is 5.92 Å². The van der Waals surface area contributed by atoms with Gasteiger partial charge in [0.05, 0.1) is 6.54 Å². The molecule has 2 N–H and O–H groups in total. The smallest absolute Gasteiger partial charge is 0.356 e. The Morgan fingerprint density at radius 2 is 1.62 bits per heavy atom. The van der Waals surface area contributed by atoms with Crippen LogP contribution in [0.3, 0.4) is 0 Å². The van der Waals surface area contributed by atoms with E-state index >= 15 is 0 Å². The summed E-state index contributed by atoms with van der Waals surface area (Å²) in [6.07, 6.45) is 0.726. The molecule has 2 saturated heterocycles. The fraction of sp³-hybridized carbons (Fsp3) is 0.696. The first-order valence-corrected chi connectivity index (χ1v) is 11.4. The Hall–Kier alpha value is -1.07. The van der Waals surface area contributed by atoms with Crippen LogP contribution in [0.2, 0.25) is 0 Å². The molecule has 0 unspecified atom stereocenters. The predicted octanol–water partition coefficient (Wildman–Crippen LogP) is 4.10. The molecule has 32 heavy (non-hydrogen) atoms. The lowest BCUT2D eigenvalue weighted by molar-refractivity contribution is -0.148. The first-order chi connectivity index (χ1) is 14.9. The second-order valence-corrected chi connectivity index (χ2v) is 8.80. The van der Waals surface area contributed by atoms with Crippen molar-refractivity contribution in [3.63, 3.8) is 0 Å². The first-order valence-electron chi connectivity index (χ1n) is 11.4. The summed E-state index contributed by atoms with van der Waals surface area (Å²) in [6.45, 7) is 4.25. The van der Waals surface area contributed by atoms with E-state index in [0.717, 1.165) is 64.2 Å². The van der Waals surface area contributed by atoms with E-state index in [0.29, 0.717) is 25.0 Å². The van der Waals surface area contributed by atoms with Crippen molar-refractivity contribution in [3.05, 3.63) is 35.9 Å². The SMILES string of the molecule is CN=C(NCCC1CCN(CC(F)(F)F)CC1)NC1CCN(Cc2ccccc2)CC1.I. The monoisotopic (exact) mass is 567 g/mol. The highest BCUT2D eigenvalue weighted by Crippen LogP contribution is 2.24. The highest BCUT2D eigenvalue weighted by Gasteiger charge is 2.32. The van der Waals surface area contributed by atoms with Crippen molar-refractivity contribution in [2.24, 2.45) is 10.9 Å². The van der Waals surface area contributed by atoms with Gasteiger partial charge < -0.3 is 10.6 Å². The zero-order valence-corrected chi connectivity index (χ0v) is 21.2. The molecule has 0 aromatic heterocycles. The van der Waals surface area contributed by atoms with Crippen molar-refractivity contribution in [1.82, 2.24) is 20.4 Å². The highest BCUT2D eigenvalue weighted by atomic mass is 127. The van der Waals surface area contributed by atoms with Crippen LogP contribution in [0.5, 0.6) is 0 Å². The molecule has 0 amide bonds. The molecule has 5 nitrogen and oxygen atoms in total. The Morgan fingerprint density at radius 3 is 2.22 bits per heavy atom. The number of alkyl halides is 3. The van der Waals surface area contributed by atoms with E-state index < -0.39 is 12.7 Å². The van der Waals surface area contributed by atoms with Crippen molar-refractivity contribution in [1.29, 1.82) is 0 Å². The number of halogens is 4. The summed E-state index contributed by atoms with van der Waals surface area (Å²) in [5.41, 5.74) is 1.36. The fourth-order valence-electron chi connectivity index (χ4n) is 4.55. The van der Waals surface area contributed by atoms with Crippen LogP contribution in [-0.2, 0) is 6.54 Å². The van der Waals surface area contributed by atoms with Gasteiger partial charge in [-0.2, -0.15) is 13.2 Å². The Kier molecular flexibility index (Phi) is 11.5. The third-order valence-electron chi connectivity index (χ3n) is 6.36. The predicted molar refractivity (Wildman–Crippen MR) is 134 cm³/mol. The van der Waals surface area contributed by atoms with Crippen molar-refractivity contribution in [3.8, 4) is 0 Å². The molecule has 0 atom stereocenters. The molecular formula is C23H37F3IN5. The fourth-order valence-corrected chi connectivity index (χ4v) is 4.55. The van der Waals surface area contributed by atoms with Crippen LogP contribution in [0.15, 0.2) is 35.3 Å². The third kappa shape index (κ3) is 9.82. The number of piperidine rings is 2. The summed E-state index contributed by atoms with van der Waals surface area (Å²) in [4.78, 5) is 8.37. The maximum absolute atomic E-state index is 12.5. The number of benzene rings is 1. The standard InChI is InChI=1S/C23H36F3N5.HI/c1-27-22(28-12-7-19-8-13-31(14-9-19)18-23(24,25)26)29-21-10-15-30(16-11-21)17-20-5-3-2-4-6-20;/h2-6,19,21H,7-18H2,1H3,(H2,27,28,29);1H. The lowest BCUT2D eigenvalue weighted by atomic mass is 9.93. The average molecular weight is 567 g/mol. The average Bonchev–Trinajstić information content (AvgIpc) is 2.75. The summed E-state index contributed by atoms with van der Waals surface area (Å²) in [6, 6.07) is 11.0. The van der Waals surface area contributed by atoms with Crippen LogP contribution in [-0.4, -0.2) is 74.3 Å². The molecule has 1 aromatic carbocycles. The molecular weight excluding hydrogens is 530 g/mol. The number of aliphatic imine (C=N–C) groups is 1. The third-order valence-corrected chi connectivity index (χ3v) is 6.36. The summed E-state index contributed by atoms with van der Waals surface area (Å²) in [5.74, 6) is 1.31. The van der Waals surface area contributed by atoms with Crippen LogP contribution in [0.1, 0.15) is 37.7 Å². The molecule has 2 aliphatic rings. The molecule has 0 spiro atoms.